The molecule has 3 heterocycles. The van der Waals surface area contributed by atoms with Crippen LogP contribution in [0.2, 0.25) is 5.15 Å². The number of nitrogens with one attached hydrogen (secondary N) is 2. The van der Waals surface area contributed by atoms with Crippen LogP contribution < -0.4 is 5.32 Å². The third kappa shape index (κ3) is 4.32. The predicted molar refractivity (Wildman–Crippen MR) is 114 cm³/mol. The molecule has 1 aliphatic heterocycles. The van der Waals surface area contributed by atoms with Gasteiger partial charge in [0.25, 0.3) is 5.91 Å². The number of hydrogen-bond acceptors (Lipinski definition) is 4. The highest BCUT2D eigenvalue weighted by Gasteiger charge is 2.33. The lowest BCUT2D eigenvalue weighted by Crippen LogP contribution is -2.51. The lowest BCUT2D eigenvalue weighted by Gasteiger charge is -2.28. The second-order valence-electron chi connectivity index (χ2n) is 7.50. The van der Waals surface area contributed by atoms with E-state index in [2.05, 4.69) is 15.3 Å². The normalized spacial score (nSPS) is 17.3. The Morgan fingerprint density at radius 1 is 1.30 bits per heavy atom. The number of pyridine rings is 1. The van der Waals surface area contributed by atoms with Gasteiger partial charge in [-0.15, -0.1) is 0 Å². The zero-order valence-electron chi connectivity index (χ0n) is 16.3. The highest BCUT2D eigenvalue weighted by atomic mass is 35.5. The van der Waals surface area contributed by atoms with E-state index in [1.54, 1.807) is 23.2 Å². The Morgan fingerprint density at radius 2 is 2.10 bits per heavy atom. The molecule has 2 atom stereocenters. The first kappa shape index (κ1) is 20.4. The molecule has 2 amide bonds. The average Bonchev–Trinajstić information content (AvgIpc) is 3.40. The van der Waals surface area contributed by atoms with Crippen LogP contribution in [0.15, 0.2) is 48.7 Å². The second kappa shape index (κ2) is 8.85. The number of aliphatic hydroxyl groups is 1. The molecule has 3 N–H and O–H groups in total. The van der Waals surface area contributed by atoms with Gasteiger partial charge in [0.05, 0.1) is 24.4 Å². The Kier molecular flexibility index (Phi) is 6.01. The number of nitrogens with zero attached hydrogens (tertiary/aromatic N) is 2. The van der Waals surface area contributed by atoms with Crippen molar-refractivity contribution in [3.05, 3.63) is 65.1 Å². The van der Waals surface area contributed by atoms with Crippen molar-refractivity contribution in [2.45, 2.75) is 31.3 Å². The molecule has 1 aliphatic rings. The monoisotopic (exact) mass is 426 g/mol. The summed E-state index contributed by atoms with van der Waals surface area (Å²) in [5.74, 6) is -0.555. The number of H-pyrrole nitrogens is 1. The van der Waals surface area contributed by atoms with Gasteiger partial charge < -0.3 is 20.3 Å². The average molecular weight is 427 g/mol. The zero-order chi connectivity index (χ0) is 21.1. The molecule has 0 radical (unpaired) electrons. The van der Waals surface area contributed by atoms with Crippen LogP contribution >= 0.6 is 11.6 Å². The number of benzene rings is 1. The first-order chi connectivity index (χ1) is 14.5. The van der Waals surface area contributed by atoms with Crippen LogP contribution in [0.1, 0.15) is 28.9 Å². The number of carbonyl (C=O) groups excluding carboxylic acids is 2. The van der Waals surface area contributed by atoms with Gasteiger partial charge in [-0.1, -0.05) is 41.9 Å². The summed E-state index contributed by atoms with van der Waals surface area (Å²) in [6.45, 7) is 0.509. The van der Waals surface area contributed by atoms with Crippen LogP contribution in [0.5, 0.6) is 0 Å². The van der Waals surface area contributed by atoms with Crippen LogP contribution in [-0.4, -0.2) is 57.0 Å². The lowest BCUT2D eigenvalue weighted by atomic mass is 10.0. The molecule has 0 unspecified atom stereocenters. The Morgan fingerprint density at radius 3 is 2.87 bits per heavy atom. The van der Waals surface area contributed by atoms with E-state index in [-0.39, 0.29) is 24.5 Å². The summed E-state index contributed by atoms with van der Waals surface area (Å²) >= 11 is 5.93. The van der Waals surface area contributed by atoms with E-state index < -0.39 is 6.04 Å². The quantitative estimate of drug-likeness (QED) is 0.527. The number of aromatic amines is 1. The van der Waals surface area contributed by atoms with Gasteiger partial charge in [0.2, 0.25) is 5.91 Å². The van der Waals surface area contributed by atoms with E-state index in [0.717, 1.165) is 23.8 Å². The van der Waals surface area contributed by atoms with Gasteiger partial charge in [-0.2, -0.15) is 0 Å². The fourth-order valence-corrected chi connectivity index (χ4v) is 4.09. The van der Waals surface area contributed by atoms with Crippen molar-refractivity contribution in [1.82, 2.24) is 20.2 Å². The molecule has 0 aliphatic carbocycles. The van der Waals surface area contributed by atoms with Gasteiger partial charge in [0, 0.05) is 18.4 Å². The summed E-state index contributed by atoms with van der Waals surface area (Å²) in [6.07, 6.45) is 3.55. The molecule has 1 saturated heterocycles. The molecule has 4 rings (SSSR count). The highest BCUT2D eigenvalue weighted by molar-refractivity contribution is 6.30. The van der Waals surface area contributed by atoms with Crippen molar-refractivity contribution < 1.29 is 14.7 Å². The van der Waals surface area contributed by atoms with Crippen LogP contribution in [0.4, 0.5) is 0 Å². The number of aromatic nitrogens is 2. The van der Waals surface area contributed by atoms with Gasteiger partial charge in [0.15, 0.2) is 0 Å². The topological polar surface area (TPSA) is 98.3 Å². The lowest BCUT2D eigenvalue weighted by molar-refractivity contribution is -0.134. The minimum atomic E-state index is -0.736. The number of carbonyl (C=O) groups is 2. The molecular weight excluding hydrogens is 404 g/mol. The number of amides is 2. The zero-order valence-corrected chi connectivity index (χ0v) is 17.1. The maximum atomic E-state index is 13.3. The largest absolute Gasteiger partial charge is 0.394 e. The van der Waals surface area contributed by atoms with E-state index in [0.29, 0.717) is 29.3 Å². The summed E-state index contributed by atoms with van der Waals surface area (Å²) in [6, 6.07) is 12.0. The number of aliphatic hydroxyl groups excluding tert-OH is 1. The maximum Gasteiger partial charge on any atom is 0.268 e. The molecule has 8 heteroatoms. The first-order valence-corrected chi connectivity index (χ1v) is 10.3. The summed E-state index contributed by atoms with van der Waals surface area (Å²) in [5, 5.41) is 13.6. The smallest absolute Gasteiger partial charge is 0.268 e. The van der Waals surface area contributed by atoms with Crippen molar-refractivity contribution in [3.8, 4) is 0 Å². The molecular formula is C22H23ClN4O3. The Hall–Kier alpha value is -2.90. The first-order valence-electron chi connectivity index (χ1n) is 9.95. The molecule has 1 aromatic carbocycles. The van der Waals surface area contributed by atoms with Crippen LogP contribution in [0.3, 0.4) is 0 Å². The predicted octanol–water partition coefficient (Wildman–Crippen LogP) is 2.54. The van der Waals surface area contributed by atoms with E-state index in [1.807, 2.05) is 30.3 Å². The summed E-state index contributed by atoms with van der Waals surface area (Å²) in [7, 11) is 0. The van der Waals surface area contributed by atoms with E-state index in [1.165, 1.54) is 0 Å². The van der Waals surface area contributed by atoms with Crippen molar-refractivity contribution in [1.29, 1.82) is 0 Å². The maximum absolute atomic E-state index is 13.3. The highest BCUT2D eigenvalue weighted by Crippen LogP contribution is 2.20. The molecule has 0 saturated carbocycles. The molecule has 0 bridgehead atoms. The van der Waals surface area contributed by atoms with Crippen LogP contribution in [-0.2, 0) is 11.2 Å². The number of likely N-dealkylation sites (tertiary alicyclic amines) is 1. The van der Waals surface area contributed by atoms with Crippen LogP contribution in [0.25, 0.3) is 10.9 Å². The van der Waals surface area contributed by atoms with Crippen molar-refractivity contribution in [2.75, 3.05) is 13.2 Å². The molecule has 0 spiro atoms. The number of halogens is 1. The summed E-state index contributed by atoms with van der Waals surface area (Å²) in [5.41, 5.74) is 1.97. The summed E-state index contributed by atoms with van der Waals surface area (Å²) < 4.78 is 0. The van der Waals surface area contributed by atoms with Crippen LogP contribution in [0, 0.1) is 0 Å². The van der Waals surface area contributed by atoms with Gasteiger partial charge in [0.1, 0.15) is 16.9 Å². The minimum absolute atomic E-state index is 0.0759. The molecule has 7 nitrogen and oxygen atoms in total. The fourth-order valence-electron chi connectivity index (χ4n) is 3.93. The van der Waals surface area contributed by atoms with Gasteiger partial charge in [-0.05, 0) is 30.5 Å². The van der Waals surface area contributed by atoms with Gasteiger partial charge in [-0.25, -0.2) is 4.98 Å². The number of hydrogen-bond donors (Lipinski definition) is 3. The number of rotatable bonds is 6. The fraction of sp³-hybridized carbons (Fsp3) is 0.318. The summed E-state index contributed by atoms with van der Waals surface area (Å²) in [4.78, 5) is 34.9. The molecule has 156 valence electrons. The van der Waals surface area contributed by atoms with E-state index in [9.17, 15) is 14.7 Å². The minimum Gasteiger partial charge on any atom is -0.394 e. The van der Waals surface area contributed by atoms with Gasteiger partial charge in [-0.3, -0.25) is 9.59 Å². The third-order valence-corrected chi connectivity index (χ3v) is 5.68. The van der Waals surface area contributed by atoms with E-state index >= 15 is 0 Å². The molecule has 30 heavy (non-hydrogen) atoms. The molecule has 3 aromatic rings. The molecule has 2 aromatic heterocycles. The van der Waals surface area contributed by atoms with Crippen molar-refractivity contribution in [2.24, 2.45) is 0 Å². The van der Waals surface area contributed by atoms with Crippen molar-refractivity contribution in [3.63, 3.8) is 0 Å². The van der Waals surface area contributed by atoms with Crippen molar-refractivity contribution >= 4 is 34.3 Å². The second-order valence-corrected chi connectivity index (χ2v) is 7.89. The Labute approximate surface area is 179 Å². The van der Waals surface area contributed by atoms with Gasteiger partial charge >= 0.3 is 0 Å². The standard InChI is InChI=1S/C22H23ClN4O3/c23-20-11-15-10-17(25-19(15)12-24-20)21(29)26-18(9-14-5-2-1-3-6-14)22(30)27-8-4-7-16(27)13-28/h1-3,5-6,10-12,16,18,25,28H,4,7-9,13H2,(H,26,29)/t16-,18-/m0/s1. The van der Waals surface area contributed by atoms with E-state index in [4.69, 9.17) is 11.6 Å². The Bertz CT molecular complexity index is 1050. The molecule has 1 fully saturated rings. The number of fused-ring (bicyclic) bond motifs is 1. The Balaban J connectivity index is 1.57. The third-order valence-electron chi connectivity index (χ3n) is 5.47. The SMILES string of the molecule is O=C(N[C@@H](Cc1ccccc1)C(=O)N1CCC[C@H]1CO)c1cc2cc(Cl)ncc2[nH]1.